The van der Waals surface area contributed by atoms with Gasteiger partial charge in [-0.25, -0.2) is 0 Å². The molecular formula is C58H47B2F3N2S. The molecule has 0 amide bonds. The number of hydrogen-bond acceptors (Lipinski definition) is 3. The first kappa shape index (κ1) is 41.1. The summed E-state index contributed by atoms with van der Waals surface area (Å²) in [6.45, 7) is 13.1. The van der Waals surface area contributed by atoms with Crippen molar-refractivity contribution in [3.05, 3.63) is 180 Å². The number of halogens is 3. The van der Waals surface area contributed by atoms with Gasteiger partial charge in [-0.1, -0.05) is 180 Å². The summed E-state index contributed by atoms with van der Waals surface area (Å²) < 4.78 is 48.1. The number of anilines is 6. The molecule has 0 radical (unpaired) electrons. The highest BCUT2D eigenvalue weighted by molar-refractivity contribution is 8.00. The minimum Gasteiger partial charge on any atom is -0.312 e. The van der Waals surface area contributed by atoms with Crippen LogP contribution in [-0.2, 0) is 6.18 Å². The zero-order chi connectivity index (χ0) is 45.3. The van der Waals surface area contributed by atoms with Crippen LogP contribution in [0.2, 0.25) is 0 Å². The highest BCUT2D eigenvalue weighted by Gasteiger charge is 2.51. The van der Waals surface area contributed by atoms with E-state index in [4.69, 9.17) is 0 Å². The molecule has 8 heteroatoms. The number of para-hydroxylation sites is 1. The van der Waals surface area contributed by atoms with Crippen molar-refractivity contribution >= 4 is 92.1 Å². The van der Waals surface area contributed by atoms with Gasteiger partial charge in [-0.05, 0) is 115 Å². The molecular weight excluding hydrogens is 835 g/mol. The standard InChI is InChI=1S/C58H47B2F3N2S/c1-33(2)39-23-26-48-45(29-39)59-44-17-10-11-18-52(44)66-53-32-51-54-57(55(53)59)64(48)49-27-24-40(34(3)4)30-46(49)60(54)47-31-41(35(5)6)25-28-50(47)65(51)56-42(15-12-16-43(56)58(61,62)63)38-21-19-37(20-22-38)36-13-8-7-9-14-36/h7-35H,1-6H3. The van der Waals surface area contributed by atoms with E-state index in [1.54, 1.807) is 17.8 Å². The molecule has 0 fully saturated rings. The van der Waals surface area contributed by atoms with E-state index in [1.165, 1.54) is 43.9 Å². The largest absolute Gasteiger partial charge is 0.418 e. The number of hydrogen-bond donors (Lipinski definition) is 0. The summed E-state index contributed by atoms with van der Waals surface area (Å²) >= 11 is 1.74. The zero-order valence-corrected chi connectivity index (χ0v) is 38.7. The average molecular weight is 883 g/mol. The Hall–Kier alpha value is -6.37. The molecule has 0 spiro atoms. The number of benzene rings is 8. The molecule has 0 saturated heterocycles. The van der Waals surface area contributed by atoms with Gasteiger partial charge in [0.15, 0.2) is 0 Å². The molecule has 2 nitrogen and oxygen atoms in total. The Morgan fingerprint density at radius 1 is 0.424 bits per heavy atom. The van der Waals surface area contributed by atoms with Gasteiger partial charge in [-0.3, -0.25) is 0 Å². The Balaban J connectivity index is 1.21. The molecule has 4 aliphatic rings. The molecule has 0 N–H and O–H groups in total. The molecule has 0 aliphatic carbocycles. The van der Waals surface area contributed by atoms with Crippen LogP contribution in [-0.4, -0.2) is 13.4 Å². The monoisotopic (exact) mass is 882 g/mol. The molecule has 66 heavy (non-hydrogen) atoms. The van der Waals surface area contributed by atoms with E-state index < -0.39 is 11.7 Å². The van der Waals surface area contributed by atoms with Crippen molar-refractivity contribution in [3.63, 3.8) is 0 Å². The zero-order valence-electron chi connectivity index (χ0n) is 37.8. The lowest BCUT2D eigenvalue weighted by molar-refractivity contribution is -0.137. The van der Waals surface area contributed by atoms with Gasteiger partial charge in [-0.2, -0.15) is 13.2 Å². The second kappa shape index (κ2) is 15.1. The summed E-state index contributed by atoms with van der Waals surface area (Å²) in [6.07, 6.45) is -4.65. The quantitative estimate of drug-likeness (QED) is 0.154. The van der Waals surface area contributed by atoms with Crippen LogP contribution in [0.5, 0.6) is 0 Å². The summed E-state index contributed by atoms with van der Waals surface area (Å²) in [5, 5.41) is 0. The molecule has 8 aromatic rings. The van der Waals surface area contributed by atoms with Gasteiger partial charge in [0, 0.05) is 43.8 Å². The summed E-state index contributed by atoms with van der Waals surface area (Å²) in [7, 11) is 0. The molecule has 8 aromatic carbocycles. The van der Waals surface area contributed by atoms with Crippen molar-refractivity contribution in [2.24, 2.45) is 0 Å². The van der Waals surface area contributed by atoms with Crippen LogP contribution >= 0.6 is 11.8 Å². The fraction of sp³-hybridized carbons (Fsp3) is 0.172. The van der Waals surface area contributed by atoms with E-state index in [2.05, 4.69) is 144 Å². The molecule has 0 bridgehead atoms. The maximum absolute atomic E-state index is 16.0. The number of rotatable bonds is 6. The van der Waals surface area contributed by atoms with Crippen LogP contribution in [0.15, 0.2) is 168 Å². The number of alkyl halides is 3. The van der Waals surface area contributed by atoms with Crippen molar-refractivity contribution < 1.29 is 13.2 Å². The highest BCUT2D eigenvalue weighted by Crippen LogP contribution is 2.53. The molecule has 0 aromatic heterocycles. The van der Waals surface area contributed by atoms with E-state index >= 15 is 13.2 Å². The lowest BCUT2D eigenvalue weighted by atomic mass is 9.29. The fourth-order valence-corrected chi connectivity index (χ4v) is 12.4. The van der Waals surface area contributed by atoms with Crippen molar-refractivity contribution in [1.29, 1.82) is 0 Å². The molecule has 12 rings (SSSR count). The normalized spacial score (nSPS) is 14.1. The molecule has 0 atom stereocenters. The molecule has 4 aliphatic heterocycles. The Labute approximate surface area is 390 Å². The Morgan fingerprint density at radius 3 is 1.48 bits per heavy atom. The van der Waals surface area contributed by atoms with Crippen molar-refractivity contribution in [1.82, 2.24) is 0 Å². The van der Waals surface area contributed by atoms with E-state index in [1.807, 2.05) is 53.4 Å². The van der Waals surface area contributed by atoms with Gasteiger partial charge in [0.05, 0.1) is 11.3 Å². The lowest BCUT2D eigenvalue weighted by Crippen LogP contribution is -2.68. The van der Waals surface area contributed by atoms with E-state index in [9.17, 15) is 0 Å². The van der Waals surface area contributed by atoms with Crippen LogP contribution < -0.4 is 42.6 Å². The highest BCUT2D eigenvalue weighted by atomic mass is 32.2. The van der Waals surface area contributed by atoms with Crippen LogP contribution in [0.25, 0.3) is 22.3 Å². The molecule has 4 heterocycles. The second-order valence-corrected chi connectivity index (χ2v) is 20.4. The molecule has 322 valence electrons. The van der Waals surface area contributed by atoms with Crippen LogP contribution in [0, 0.1) is 0 Å². The van der Waals surface area contributed by atoms with Gasteiger partial charge in [0.2, 0.25) is 6.71 Å². The first-order valence-corrected chi connectivity index (χ1v) is 24.0. The third kappa shape index (κ3) is 6.13. The van der Waals surface area contributed by atoms with Crippen molar-refractivity contribution in [2.45, 2.75) is 75.3 Å². The second-order valence-electron chi connectivity index (χ2n) is 19.3. The molecule has 0 unspecified atom stereocenters. The first-order chi connectivity index (χ1) is 31.9. The third-order valence-electron chi connectivity index (χ3n) is 14.5. The number of fused-ring (bicyclic) bond motifs is 10. The van der Waals surface area contributed by atoms with Gasteiger partial charge in [0.1, 0.15) is 0 Å². The Morgan fingerprint density at radius 2 is 0.924 bits per heavy atom. The van der Waals surface area contributed by atoms with E-state index in [0.717, 1.165) is 66.5 Å². The third-order valence-corrected chi connectivity index (χ3v) is 15.6. The predicted molar refractivity (Wildman–Crippen MR) is 274 cm³/mol. The van der Waals surface area contributed by atoms with Gasteiger partial charge in [0.25, 0.3) is 6.71 Å². The van der Waals surface area contributed by atoms with E-state index in [0.29, 0.717) is 11.5 Å². The number of nitrogens with zero attached hydrogens (tertiary/aromatic N) is 2. The summed E-state index contributed by atoms with van der Waals surface area (Å²) in [5.41, 5.74) is 18.4. The van der Waals surface area contributed by atoms with Crippen molar-refractivity contribution in [2.75, 3.05) is 9.80 Å². The summed E-state index contributed by atoms with van der Waals surface area (Å²) in [6, 6.07) is 54.2. The van der Waals surface area contributed by atoms with E-state index in [-0.39, 0.29) is 30.9 Å². The smallest absolute Gasteiger partial charge is 0.312 e. The summed E-state index contributed by atoms with van der Waals surface area (Å²) in [5.74, 6) is 0.807. The lowest BCUT2D eigenvalue weighted by Gasteiger charge is -2.50. The minimum absolute atomic E-state index is 0.0576. The van der Waals surface area contributed by atoms with Gasteiger partial charge >= 0.3 is 6.18 Å². The van der Waals surface area contributed by atoms with Crippen LogP contribution in [0.1, 0.15) is 81.5 Å². The van der Waals surface area contributed by atoms with Gasteiger partial charge in [-0.15, -0.1) is 0 Å². The Kier molecular flexibility index (Phi) is 9.39. The minimum atomic E-state index is -4.65. The van der Waals surface area contributed by atoms with Crippen LogP contribution in [0.4, 0.5) is 47.3 Å². The van der Waals surface area contributed by atoms with Crippen LogP contribution in [0.3, 0.4) is 0 Å². The SMILES string of the molecule is CC(C)c1ccc2c(c1)B1c3cc(C(C)C)ccc3N3c4ccc(C(C)C)cc4B4c5ccccc5Sc5cc(c1c3c54)N2c1c(-c2ccc(-c3ccccc3)cc2)cccc1C(F)(F)F. The first-order valence-electron chi connectivity index (χ1n) is 23.2. The van der Waals surface area contributed by atoms with Gasteiger partial charge < -0.3 is 9.80 Å². The maximum atomic E-state index is 16.0. The average Bonchev–Trinajstić information content (AvgIpc) is 3.32. The van der Waals surface area contributed by atoms with Crippen molar-refractivity contribution in [3.8, 4) is 22.3 Å². The maximum Gasteiger partial charge on any atom is 0.418 e. The molecule has 0 saturated carbocycles. The summed E-state index contributed by atoms with van der Waals surface area (Å²) in [4.78, 5) is 6.72. The fourth-order valence-electron chi connectivity index (χ4n) is 11.2. The topological polar surface area (TPSA) is 6.48 Å². The Bertz CT molecular complexity index is 3290. The predicted octanol–water partition coefficient (Wildman–Crippen LogP) is 12.8.